The van der Waals surface area contributed by atoms with E-state index >= 15 is 0 Å². The van der Waals surface area contributed by atoms with E-state index in [0.717, 1.165) is 10.6 Å². The predicted octanol–water partition coefficient (Wildman–Crippen LogP) is 1.55. The minimum Gasteiger partial charge on any atom is -0.312 e. The van der Waals surface area contributed by atoms with Crippen molar-refractivity contribution in [2.75, 3.05) is 19.1 Å². The van der Waals surface area contributed by atoms with E-state index < -0.39 is 0 Å². The monoisotopic (exact) mass is 168 g/mol. The topological polar surface area (TPSA) is 15.3 Å². The van der Waals surface area contributed by atoms with Crippen LogP contribution in [0.5, 0.6) is 0 Å². The third-order valence-electron chi connectivity index (χ3n) is 1.55. The number of nitrogens with one attached hydrogen (secondary N) is 1. The van der Waals surface area contributed by atoms with E-state index in [2.05, 4.69) is 18.1 Å². The summed E-state index contributed by atoms with van der Waals surface area (Å²) in [6.45, 7) is 0. The molecule has 0 aromatic heterocycles. The molecule has 0 aliphatic heterocycles. The lowest BCUT2D eigenvalue weighted by Crippen LogP contribution is -2.30. The average Bonchev–Trinajstić information content (AvgIpc) is 2.03. The molecule has 1 N–H and O–H groups in total. The van der Waals surface area contributed by atoms with Gasteiger partial charge in [0.1, 0.15) is 0 Å². The van der Waals surface area contributed by atoms with Crippen LogP contribution in [0.25, 0.3) is 0 Å². The third-order valence-corrected chi connectivity index (χ3v) is 1.83. The molecule has 60 valence electrons. The van der Waals surface area contributed by atoms with Gasteiger partial charge in [-0.15, -0.1) is 12.6 Å². The van der Waals surface area contributed by atoms with Gasteiger partial charge in [0, 0.05) is 19.0 Å². The highest BCUT2D eigenvalue weighted by Gasteiger charge is 1.95. The second-order valence-electron chi connectivity index (χ2n) is 2.30. The van der Waals surface area contributed by atoms with Crippen LogP contribution in [-0.4, -0.2) is 14.1 Å². The zero-order chi connectivity index (χ0) is 8.27. The molecular formula is C8H12N2S. The fourth-order valence-corrected chi connectivity index (χ4v) is 1.05. The summed E-state index contributed by atoms with van der Waals surface area (Å²) >= 11 is 4.23. The van der Waals surface area contributed by atoms with Crippen molar-refractivity contribution in [2.45, 2.75) is 4.90 Å². The lowest BCUT2D eigenvalue weighted by Gasteiger charge is -2.17. The number of hydrazine groups is 1. The van der Waals surface area contributed by atoms with Gasteiger partial charge in [0.25, 0.3) is 0 Å². The fraction of sp³-hybridized carbons (Fsp3) is 0.250. The van der Waals surface area contributed by atoms with Crippen molar-refractivity contribution in [3.63, 3.8) is 0 Å². The maximum absolute atomic E-state index is 4.23. The van der Waals surface area contributed by atoms with Gasteiger partial charge in [-0.3, -0.25) is 0 Å². The molecule has 1 aromatic rings. The molecule has 0 aliphatic rings. The summed E-state index contributed by atoms with van der Waals surface area (Å²) in [6.07, 6.45) is 0. The molecule has 11 heavy (non-hydrogen) atoms. The Balaban J connectivity index is 2.86. The molecule has 0 heterocycles. The van der Waals surface area contributed by atoms with Crippen molar-refractivity contribution < 1.29 is 0 Å². The molecule has 0 saturated carbocycles. The Morgan fingerprint density at radius 1 is 1.45 bits per heavy atom. The Morgan fingerprint density at radius 3 is 2.73 bits per heavy atom. The summed E-state index contributed by atoms with van der Waals surface area (Å²) in [5.74, 6) is 0. The normalized spacial score (nSPS) is 9.73. The zero-order valence-electron chi connectivity index (χ0n) is 6.70. The van der Waals surface area contributed by atoms with Crippen LogP contribution < -0.4 is 10.4 Å². The largest absolute Gasteiger partial charge is 0.312 e. The number of anilines is 1. The highest BCUT2D eigenvalue weighted by atomic mass is 32.1. The van der Waals surface area contributed by atoms with Crippen LogP contribution in [-0.2, 0) is 0 Å². The quantitative estimate of drug-likeness (QED) is 0.514. The smallest absolute Gasteiger partial charge is 0.0527 e. The van der Waals surface area contributed by atoms with Crippen LogP contribution in [0.4, 0.5) is 5.69 Å². The molecular weight excluding hydrogens is 156 g/mol. The Kier molecular flexibility index (Phi) is 2.79. The summed E-state index contributed by atoms with van der Waals surface area (Å²) in [5, 5.41) is 1.93. The maximum Gasteiger partial charge on any atom is 0.0527 e. The number of nitrogens with zero attached hydrogens (tertiary/aromatic N) is 1. The molecule has 0 unspecified atom stereocenters. The average molecular weight is 168 g/mol. The number of rotatable bonds is 2. The summed E-state index contributed by atoms with van der Waals surface area (Å²) in [5.41, 5.74) is 4.12. The molecule has 1 aromatic carbocycles. The van der Waals surface area contributed by atoms with Crippen LogP contribution in [0.2, 0.25) is 0 Å². The van der Waals surface area contributed by atoms with Crippen LogP contribution in [0, 0.1) is 0 Å². The molecule has 0 radical (unpaired) electrons. The van der Waals surface area contributed by atoms with Crippen molar-refractivity contribution in [1.82, 2.24) is 5.43 Å². The molecule has 1 rings (SSSR count). The van der Waals surface area contributed by atoms with Gasteiger partial charge in [0.2, 0.25) is 0 Å². The van der Waals surface area contributed by atoms with E-state index in [4.69, 9.17) is 0 Å². The summed E-state index contributed by atoms with van der Waals surface area (Å²) < 4.78 is 0. The predicted molar refractivity (Wildman–Crippen MR) is 51.2 cm³/mol. The summed E-state index contributed by atoms with van der Waals surface area (Å²) in [7, 11) is 3.84. The lowest BCUT2D eigenvalue weighted by molar-refractivity contribution is 0.790. The second kappa shape index (κ2) is 3.64. The molecule has 0 spiro atoms. The van der Waals surface area contributed by atoms with Gasteiger partial charge in [-0.25, -0.2) is 5.43 Å². The van der Waals surface area contributed by atoms with Gasteiger partial charge < -0.3 is 5.01 Å². The highest BCUT2D eigenvalue weighted by Crippen LogP contribution is 2.14. The van der Waals surface area contributed by atoms with Crippen molar-refractivity contribution in [1.29, 1.82) is 0 Å². The zero-order valence-corrected chi connectivity index (χ0v) is 7.60. The van der Waals surface area contributed by atoms with Gasteiger partial charge in [-0.1, -0.05) is 6.07 Å². The van der Waals surface area contributed by atoms with E-state index in [1.54, 1.807) is 0 Å². The van der Waals surface area contributed by atoms with E-state index in [1.807, 2.05) is 43.4 Å². The summed E-state index contributed by atoms with van der Waals surface area (Å²) in [4.78, 5) is 0.976. The number of hydrogen-bond acceptors (Lipinski definition) is 3. The van der Waals surface area contributed by atoms with Crippen LogP contribution in [0.1, 0.15) is 0 Å². The Labute approximate surface area is 72.6 Å². The third kappa shape index (κ3) is 2.13. The molecule has 3 heteroatoms. The lowest BCUT2D eigenvalue weighted by atomic mass is 10.3. The van der Waals surface area contributed by atoms with Crippen LogP contribution >= 0.6 is 12.6 Å². The van der Waals surface area contributed by atoms with Gasteiger partial charge >= 0.3 is 0 Å². The minimum atomic E-state index is 0.976. The number of hydrogen-bond donors (Lipinski definition) is 2. The molecule has 2 nitrogen and oxygen atoms in total. The number of thiol groups is 1. The van der Waals surface area contributed by atoms with Crippen molar-refractivity contribution in [3.05, 3.63) is 24.3 Å². The SMILES string of the molecule is CNN(C)c1cccc(S)c1. The molecule has 0 atom stereocenters. The van der Waals surface area contributed by atoms with Gasteiger partial charge in [0.05, 0.1) is 5.69 Å². The molecule has 0 aliphatic carbocycles. The first-order chi connectivity index (χ1) is 5.24. The standard InChI is InChI=1S/C8H12N2S/c1-9-10(2)7-4-3-5-8(11)6-7/h3-6,9,11H,1-2H3. The molecule has 0 fully saturated rings. The molecule has 0 bridgehead atoms. The molecule has 0 saturated heterocycles. The Morgan fingerprint density at radius 2 is 2.18 bits per heavy atom. The van der Waals surface area contributed by atoms with Gasteiger partial charge in [0.15, 0.2) is 0 Å². The van der Waals surface area contributed by atoms with E-state index in [9.17, 15) is 0 Å². The second-order valence-corrected chi connectivity index (χ2v) is 2.82. The van der Waals surface area contributed by atoms with Crippen molar-refractivity contribution >= 4 is 18.3 Å². The van der Waals surface area contributed by atoms with Crippen molar-refractivity contribution in [2.24, 2.45) is 0 Å². The first kappa shape index (κ1) is 8.43. The first-order valence-corrected chi connectivity index (χ1v) is 3.89. The number of benzene rings is 1. The van der Waals surface area contributed by atoms with E-state index in [0.29, 0.717) is 0 Å². The van der Waals surface area contributed by atoms with Crippen LogP contribution in [0.15, 0.2) is 29.2 Å². The van der Waals surface area contributed by atoms with Crippen LogP contribution in [0.3, 0.4) is 0 Å². The minimum absolute atomic E-state index is 0.976. The van der Waals surface area contributed by atoms with Crippen molar-refractivity contribution in [3.8, 4) is 0 Å². The van der Waals surface area contributed by atoms with E-state index in [-0.39, 0.29) is 0 Å². The molecule has 0 amide bonds. The summed E-state index contributed by atoms with van der Waals surface area (Å²) in [6, 6.07) is 7.96. The first-order valence-electron chi connectivity index (χ1n) is 3.44. The Hall–Kier alpha value is -0.670. The maximum atomic E-state index is 4.23. The van der Waals surface area contributed by atoms with E-state index in [1.165, 1.54) is 0 Å². The highest BCUT2D eigenvalue weighted by molar-refractivity contribution is 7.80. The van der Waals surface area contributed by atoms with Gasteiger partial charge in [-0.2, -0.15) is 0 Å². The Bertz CT molecular complexity index is 237. The fourth-order valence-electron chi connectivity index (χ4n) is 0.831. The van der Waals surface area contributed by atoms with Gasteiger partial charge in [-0.05, 0) is 18.2 Å².